The molecule has 1 aromatic carbocycles. The van der Waals surface area contributed by atoms with Crippen LogP contribution in [0.3, 0.4) is 0 Å². The van der Waals surface area contributed by atoms with E-state index in [4.69, 9.17) is 0 Å². The number of rotatable bonds is 5. The Morgan fingerprint density at radius 2 is 1.86 bits per heavy atom. The topological polar surface area (TPSA) is 117 Å². The highest BCUT2D eigenvalue weighted by Gasteiger charge is 2.11. The Labute approximate surface area is 126 Å². The van der Waals surface area contributed by atoms with Crippen LogP contribution in [-0.4, -0.2) is 27.6 Å². The second kappa shape index (κ2) is 7.14. The third-order valence-electron chi connectivity index (χ3n) is 2.88. The molecule has 2 aromatic rings. The number of aliphatic hydroxyl groups excluding tert-OH is 1. The Morgan fingerprint density at radius 3 is 2.45 bits per heavy atom. The van der Waals surface area contributed by atoms with E-state index in [1.54, 1.807) is 24.5 Å². The molecule has 0 aliphatic rings. The van der Waals surface area contributed by atoms with E-state index in [-0.39, 0.29) is 12.2 Å². The highest BCUT2D eigenvalue weighted by atomic mass is 16.6. The number of hydrogen-bond donors (Lipinski definition) is 3. The summed E-state index contributed by atoms with van der Waals surface area (Å²) in [5.74, 6) is 0. The molecule has 0 radical (unpaired) electrons. The van der Waals surface area contributed by atoms with Crippen molar-refractivity contribution in [1.82, 2.24) is 10.3 Å². The molecule has 1 aromatic heterocycles. The molecule has 0 fully saturated rings. The predicted octanol–water partition coefficient (Wildman–Crippen LogP) is 1.84. The molecule has 0 aliphatic carbocycles. The minimum absolute atomic E-state index is 0.0191. The van der Waals surface area contributed by atoms with Crippen LogP contribution in [0.25, 0.3) is 0 Å². The van der Waals surface area contributed by atoms with Crippen LogP contribution in [0.5, 0.6) is 0 Å². The second-order valence-electron chi connectivity index (χ2n) is 4.44. The van der Waals surface area contributed by atoms with Gasteiger partial charge in [0.2, 0.25) is 0 Å². The highest BCUT2D eigenvalue weighted by Crippen LogP contribution is 2.17. The summed E-state index contributed by atoms with van der Waals surface area (Å²) in [4.78, 5) is 25.5. The summed E-state index contributed by atoms with van der Waals surface area (Å²) in [7, 11) is 0. The summed E-state index contributed by atoms with van der Waals surface area (Å²) < 4.78 is 0. The maximum absolute atomic E-state index is 11.6. The number of nitrogens with one attached hydrogen (secondary N) is 2. The van der Waals surface area contributed by atoms with Crippen molar-refractivity contribution in [2.75, 3.05) is 11.9 Å². The molecule has 8 heteroatoms. The van der Waals surface area contributed by atoms with Gasteiger partial charge in [0, 0.05) is 36.8 Å². The number of carbonyl (C=O) groups is 1. The quantitative estimate of drug-likeness (QED) is 0.575. The normalized spacial score (nSPS) is 11.5. The number of hydrogen-bond acceptors (Lipinski definition) is 5. The van der Waals surface area contributed by atoms with Crippen molar-refractivity contribution in [3.63, 3.8) is 0 Å². The molecule has 2 amide bonds. The number of nitro benzene ring substituents is 1. The Balaban J connectivity index is 1.85. The van der Waals surface area contributed by atoms with Gasteiger partial charge in [0.05, 0.1) is 11.0 Å². The van der Waals surface area contributed by atoms with Crippen molar-refractivity contribution >= 4 is 17.4 Å². The average molecular weight is 302 g/mol. The van der Waals surface area contributed by atoms with Gasteiger partial charge in [-0.2, -0.15) is 0 Å². The monoisotopic (exact) mass is 302 g/mol. The maximum atomic E-state index is 11.6. The molecule has 0 saturated carbocycles. The molecule has 0 bridgehead atoms. The molecule has 8 nitrogen and oxygen atoms in total. The van der Waals surface area contributed by atoms with Crippen molar-refractivity contribution in [2.24, 2.45) is 0 Å². The fourth-order valence-electron chi connectivity index (χ4n) is 1.74. The zero-order valence-corrected chi connectivity index (χ0v) is 11.5. The first-order valence-electron chi connectivity index (χ1n) is 6.43. The smallest absolute Gasteiger partial charge is 0.319 e. The van der Waals surface area contributed by atoms with Crippen LogP contribution < -0.4 is 10.6 Å². The summed E-state index contributed by atoms with van der Waals surface area (Å²) in [6.07, 6.45) is 2.13. The van der Waals surface area contributed by atoms with Crippen LogP contribution in [0.2, 0.25) is 0 Å². The molecular formula is C14H14N4O4. The number of aliphatic hydroxyl groups is 1. The van der Waals surface area contributed by atoms with E-state index in [0.29, 0.717) is 11.3 Å². The van der Waals surface area contributed by atoms with Crippen LogP contribution >= 0.6 is 0 Å². The minimum Gasteiger partial charge on any atom is -0.387 e. The van der Waals surface area contributed by atoms with Gasteiger partial charge in [0.25, 0.3) is 5.69 Å². The molecule has 2 rings (SSSR count). The summed E-state index contributed by atoms with van der Waals surface area (Å²) in [5, 5.41) is 25.6. The van der Waals surface area contributed by atoms with Gasteiger partial charge in [0.1, 0.15) is 0 Å². The lowest BCUT2D eigenvalue weighted by Crippen LogP contribution is -2.32. The van der Waals surface area contributed by atoms with Crippen molar-refractivity contribution in [2.45, 2.75) is 6.10 Å². The van der Waals surface area contributed by atoms with Crippen LogP contribution in [-0.2, 0) is 0 Å². The van der Waals surface area contributed by atoms with Gasteiger partial charge < -0.3 is 15.7 Å². The van der Waals surface area contributed by atoms with Crippen molar-refractivity contribution in [3.05, 3.63) is 64.5 Å². The largest absolute Gasteiger partial charge is 0.387 e. The number of pyridine rings is 1. The molecule has 1 heterocycles. The lowest BCUT2D eigenvalue weighted by molar-refractivity contribution is -0.384. The van der Waals surface area contributed by atoms with Gasteiger partial charge in [-0.05, 0) is 29.8 Å². The van der Waals surface area contributed by atoms with E-state index in [0.717, 1.165) is 0 Å². The number of amides is 2. The van der Waals surface area contributed by atoms with Gasteiger partial charge in [-0.15, -0.1) is 0 Å². The zero-order chi connectivity index (χ0) is 15.9. The van der Waals surface area contributed by atoms with Crippen molar-refractivity contribution < 1.29 is 14.8 Å². The summed E-state index contributed by atoms with van der Waals surface area (Å²) >= 11 is 0. The zero-order valence-electron chi connectivity index (χ0n) is 11.5. The van der Waals surface area contributed by atoms with E-state index in [9.17, 15) is 20.0 Å². The Hall–Kier alpha value is -3.00. The summed E-state index contributed by atoms with van der Waals surface area (Å²) in [6, 6.07) is 8.30. The summed E-state index contributed by atoms with van der Waals surface area (Å²) in [5.41, 5.74) is 1.01. The Kier molecular flexibility index (Phi) is 4.99. The fraction of sp³-hybridized carbons (Fsp3) is 0.143. The maximum Gasteiger partial charge on any atom is 0.319 e. The molecule has 0 spiro atoms. The third kappa shape index (κ3) is 4.25. The fourth-order valence-corrected chi connectivity index (χ4v) is 1.74. The van der Waals surface area contributed by atoms with Crippen LogP contribution in [0.15, 0.2) is 48.8 Å². The Bertz CT molecular complexity index is 646. The first kappa shape index (κ1) is 15.4. The van der Waals surface area contributed by atoms with Gasteiger partial charge in [0.15, 0.2) is 0 Å². The SMILES string of the molecule is O=C(NC[C@H](O)c1ccc([N+](=O)[O-])cc1)Nc1ccncc1. The predicted molar refractivity (Wildman–Crippen MR) is 79.3 cm³/mol. The first-order chi connectivity index (χ1) is 10.6. The third-order valence-corrected chi connectivity index (χ3v) is 2.88. The number of anilines is 1. The van der Waals surface area contributed by atoms with Crippen LogP contribution in [0.4, 0.5) is 16.2 Å². The number of nitro groups is 1. The highest BCUT2D eigenvalue weighted by molar-refractivity contribution is 5.89. The number of benzene rings is 1. The average Bonchev–Trinajstić information content (AvgIpc) is 2.53. The van der Waals surface area contributed by atoms with Gasteiger partial charge in [-0.1, -0.05) is 0 Å². The molecule has 0 unspecified atom stereocenters. The van der Waals surface area contributed by atoms with E-state index in [1.165, 1.54) is 24.3 Å². The lowest BCUT2D eigenvalue weighted by atomic mass is 10.1. The lowest BCUT2D eigenvalue weighted by Gasteiger charge is -2.12. The molecule has 114 valence electrons. The molecule has 0 aliphatic heterocycles. The molecule has 22 heavy (non-hydrogen) atoms. The summed E-state index contributed by atoms with van der Waals surface area (Å²) in [6.45, 7) is -0.0191. The molecule has 3 N–H and O–H groups in total. The number of nitrogens with zero attached hydrogens (tertiary/aromatic N) is 2. The van der Waals surface area contributed by atoms with Crippen molar-refractivity contribution in [1.29, 1.82) is 0 Å². The Morgan fingerprint density at radius 1 is 1.23 bits per heavy atom. The molecule has 0 saturated heterocycles. The van der Waals surface area contributed by atoms with E-state index in [1.807, 2.05) is 0 Å². The van der Waals surface area contributed by atoms with E-state index in [2.05, 4.69) is 15.6 Å². The van der Waals surface area contributed by atoms with Crippen molar-refractivity contribution in [3.8, 4) is 0 Å². The number of carbonyl (C=O) groups excluding carboxylic acids is 1. The van der Waals surface area contributed by atoms with Gasteiger partial charge in [-0.3, -0.25) is 15.1 Å². The number of non-ortho nitro benzene ring substituents is 1. The van der Waals surface area contributed by atoms with Crippen LogP contribution in [0, 0.1) is 10.1 Å². The molecular weight excluding hydrogens is 288 g/mol. The standard InChI is InChI=1S/C14H14N4O4/c19-13(10-1-3-12(4-2-10)18(21)22)9-16-14(20)17-11-5-7-15-8-6-11/h1-8,13,19H,9H2,(H2,15,16,17,20)/t13-/m0/s1. The number of aromatic nitrogens is 1. The van der Waals surface area contributed by atoms with E-state index >= 15 is 0 Å². The number of urea groups is 1. The van der Waals surface area contributed by atoms with Crippen LogP contribution in [0.1, 0.15) is 11.7 Å². The minimum atomic E-state index is -0.955. The second-order valence-corrected chi connectivity index (χ2v) is 4.44. The van der Waals surface area contributed by atoms with Gasteiger partial charge in [-0.25, -0.2) is 4.79 Å². The first-order valence-corrected chi connectivity index (χ1v) is 6.43. The van der Waals surface area contributed by atoms with E-state index < -0.39 is 17.1 Å². The van der Waals surface area contributed by atoms with Gasteiger partial charge >= 0.3 is 6.03 Å². The molecule has 1 atom stereocenters.